The summed E-state index contributed by atoms with van der Waals surface area (Å²) >= 11 is 0.976. The van der Waals surface area contributed by atoms with Crippen molar-refractivity contribution in [2.24, 2.45) is 0 Å². The van der Waals surface area contributed by atoms with E-state index >= 15 is 0 Å². The van der Waals surface area contributed by atoms with E-state index in [2.05, 4.69) is 4.98 Å². The Morgan fingerprint density at radius 3 is 2.89 bits per heavy atom. The van der Waals surface area contributed by atoms with Gasteiger partial charge in [-0.1, -0.05) is 11.8 Å². The number of carboxylic acid groups (broad SMARTS) is 1. The fraction of sp³-hybridized carbons (Fsp3) is 0.500. The van der Waals surface area contributed by atoms with E-state index in [1.54, 1.807) is 17.0 Å². The molecule has 100 valence electrons. The standard InChI is InChI=1S/C10H14N2O4S2/c1-7(18(2)16)5-12-4-3-8(13)11-10(12)17-6-9(14)15/h3-4,7H,5-6H2,1-2H3,(H,14,15). The van der Waals surface area contributed by atoms with Crippen molar-refractivity contribution in [2.75, 3.05) is 12.0 Å². The molecule has 1 rings (SSSR count). The van der Waals surface area contributed by atoms with E-state index in [4.69, 9.17) is 5.11 Å². The summed E-state index contributed by atoms with van der Waals surface area (Å²) in [5.74, 6) is -1.14. The minimum Gasteiger partial charge on any atom is -0.481 e. The van der Waals surface area contributed by atoms with Gasteiger partial charge in [0, 0.05) is 41.1 Å². The number of carboxylic acids is 1. The fourth-order valence-corrected chi connectivity index (χ4v) is 2.25. The van der Waals surface area contributed by atoms with Crippen LogP contribution in [-0.2, 0) is 22.1 Å². The van der Waals surface area contributed by atoms with E-state index in [-0.39, 0.29) is 11.0 Å². The van der Waals surface area contributed by atoms with Crippen molar-refractivity contribution in [1.82, 2.24) is 9.55 Å². The van der Waals surface area contributed by atoms with Crippen LogP contribution >= 0.6 is 11.8 Å². The van der Waals surface area contributed by atoms with Crippen LogP contribution in [0.5, 0.6) is 0 Å². The maximum Gasteiger partial charge on any atom is 0.313 e. The van der Waals surface area contributed by atoms with E-state index < -0.39 is 22.3 Å². The summed E-state index contributed by atoms with van der Waals surface area (Å²) in [5.41, 5.74) is -0.413. The highest BCUT2D eigenvalue weighted by Gasteiger charge is 2.11. The molecule has 0 bridgehead atoms. The van der Waals surface area contributed by atoms with Crippen LogP contribution in [0.3, 0.4) is 0 Å². The van der Waals surface area contributed by atoms with Gasteiger partial charge in [0.2, 0.25) is 0 Å². The van der Waals surface area contributed by atoms with Gasteiger partial charge >= 0.3 is 5.97 Å². The van der Waals surface area contributed by atoms with Crippen molar-refractivity contribution in [3.05, 3.63) is 22.6 Å². The molecule has 0 aliphatic heterocycles. The van der Waals surface area contributed by atoms with Crippen LogP contribution < -0.4 is 5.56 Å². The monoisotopic (exact) mass is 290 g/mol. The van der Waals surface area contributed by atoms with Gasteiger partial charge < -0.3 is 9.67 Å². The summed E-state index contributed by atoms with van der Waals surface area (Å²) in [6.45, 7) is 2.25. The number of carbonyl (C=O) groups is 1. The summed E-state index contributed by atoms with van der Waals surface area (Å²) in [7, 11) is -0.989. The van der Waals surface area contributed by atoms with Crippen molar-refractivity contribution in [2.45, 2.75) is 23.9 Å². The Balaban J connectivity index is 2.92. The number of hydrogen-bond donors (Lipinski definition) is 1. The molecule has 1 aromatic heterocycles. The predicted molar refractivity (Wildman–Crippen MR) is 70.4 cm³/mol. The first kappa shape index (κ1) is 14.9. The second-order valence-electron chi connectivity index (χ2n) is 3.69. The lowest BCUT2D eigenvalue weighted by molar-refractivity contribution is -0.133. The van der Waals surface area contributed by atoms with Crippen LogP contribution in [0.2, 0.25) is 0 Å². The molecule has 0 aliphatic rings. The minimum absolute atomic E-state index is 0.0986. The SMILES string of the molecule is CC(Cn1ccc(=O)nc1SCC(=O)O)S(C)=O. The molecular weight excluding hydrogens is 276 g/mol. The summed E-state index contributed by atoms with van der Waals surface area (Å²) in [4.78, 5) is 25.4. The van der Waals surface area contributed by atoms with Crippen molar-refractivity contribution in [3.8, 4) is 0 Å². The van der Waals surface area contributed by atoms with Crippen LogP contribution in [-0.4, -0.2) is 42.1 Å². The molecular formula is C10H14N2O4S2. The number of thioether (sulfide) groups is 1. The Hall–Kier alpha value is -1.15. The van der Waals surface area contributed by atoms with Gasteiger partial charge in [-0.25, -0.2) is 0 Å². The number of aromatic nitrogens is 2. The molecule has 0 radical (unpaired) electrons. The van der Waals surface area contributed by atoms with Crippen molar-refractivity contribution in [3.63, 3.8) is 0 Å². The van der Waals surface area contributed by atoms with Crippen molar-refractivity contribution >= 4 is 28.5 Å². The third-order valence-corrected chi connectivity index (χ3v) is 4.45. The second kappa shape index (κ2) is 6.69. The first-order valence-electron chi connectivity index (χ1n) is 5.14. The van der Waals surface area contributed by atoms with Crippen LogP contribution in [0, 0.1) is 0 Å². The molecule has 0 saturated heterocycles. The van der Waals surface area contributed by atoms with Gasteiger partial charge in [-0.05, 0) is 6.92 Å². The molecule has 18 heavy (non-hydrogen) atoms. The average molecular weight is 290 g/mol. The highest BCUT2D eigenvalue weighted by molar-refractivity contribution is 7.99. The topological polar surface area (TPSA) is 89.3 Å². The maximum atomic E-state index is 11.3. The average Bonchev–Trinajstić information content (AvgIpc) is 2.29. The third-order valence-electron chi connectivity index (χ3n) is 2.19. The first-order chi connectivity index (χ1) is 8.40. The Labute approximate surface area is 111 Å². The van der Waals surface area contributed by atoms with Crippen LogP contribution in [0.25, 0.3) is 0 Å². The van der Waals surface area contributed by atoms with Gasteiger partial charge in [0.25, 0.3) is 5.56 Å². The van der Waals surface area contributed by atoms with Crippen LogP contribution in [0.4, 0.5) is 0 Å². The fourth-order valence-electron chi connectivity index (χ4n) is 1.18. The molecule has 2 atom stereocenters. The number of nitrogens with zero attached hydrogens (tertiary/aromatic N) is 2. The Morgan fingerprint density at radius 2 is 2.33 bits per heavy atom. The molecule has 0 spiro atoms. The summed E-state index contributed by atoms with van der Waals surface area (Å²) in [6, 6.07) is 1.30. The lowest BCUT2D eigenvalue weighted by atomic mass is 10.4. The molecule has 0 aromatic carbocycles. The highest BCUT2D eigenvalue weighted by atomic mass is 32.2. The van der Waals surface area contributed by atoms with E-state index in [0.29, 0.717) is 11.7 Å². The zero-order valence-electron chi connectivity index (χ0n) is 10.0. The van der Waals surface area contributed by atoms with Gasteiger partial charge in [0.15, 0.2) is 5.16 Å². The highest BCUT2D eigenvalue weighted by Crippen LogP contribution is 2.14. The minimum atomic E-state index is -0.989. The zero-order chi connectivity index (χ0) is 13.7. The number of rotatable bonds is 6. The van der Waals surface area contributed by atoms with Gasteiger partial charge in [-0.15, -0.1) is 0 Å². The van der Waals surface area contributed by atoms with Crippen molar-refractivity contribution < 1.29 is 14.1 Å². The van der Waals surface area contributed by atoms with Crippen LogP contribution in [0.1, 0.15) is 6.92 Å². The molecule has 0 fully saturated rings. The number of aliphatic carboxylic acids is 1. The van der Waals surface area contributed by atoms with Crippen molar-refractivity contribution in [1.29, 1.82) is 0 Å². The first-order valence-corrected chi connectivity index (χ1v) is 7.75. The Bertz CT molecular complexity index is 515. The molecule has 2 unspecified atom stereocenters. The summed E-state index contributed by atoms with van der Waals surface area (Å²) < 4.78 is 13.0. The molecule has 8 heteroatoms. The maximum absolute atomic E-state index is 11.3. The zero-order valence-corrected chi connectivity index (χ0v) is 11.7. The van der Waals surface area contributed by atoms with Gasteiger partial charge in [0.1, 0.15) is 0 Å². The lowest BCUT2D eigenvalue weighted by Gasteiger charge is -2.14. The van der Waals surface area contributed by atoms with Gasteiger partial charge in [0.05, 0.1) is 5.75 Å². The molecule has 0 aliphatic carbocycles. The molecule has 6 nitrogen and oxygen atoms in total. The van der Waals surface area contributed by atoms with E-state index in [0.717, 1.165) is 11.8 Å². The number of hydrogen-bond acceptors (Lipinski definition) is 5. The van der Waals surface area contributed by atoms with Crippen LogP contribution in [0.15, 0.2) is 22.2 Å². The van der Waals surface area contributed by atoms with E-state index in [9.17, 15) is 13.8 Å². The largest absolute Gasteiger partial charge is 0.481 e. The normalized spacial score (nSPS) is 14.1. The smallest absolute Gasteiger partial charge is 0.313 e. The molecule has 0 saturated carbocycles. The second-order valence-corrected chi connectivity index (χ2v) is 6.44. The quantitative estimate of drug-likeness (QED) is 0.594. The van der Waals surface area contributed by atoms with E-state index in [1.807, 2.05) is 6.92 Å². The molecule has 1 heterocycles. The summed E-state index contributed by atoms with van der Waals surface area (Å²) in [5, 5.41) is 8.86. The van der Waals surface area contributed by atoms with E-state index in [1.165, 1.54) is 6.07 Å². The van der Waals surface area contributed by atoms with Gasteiger partial charge in [-0.2, -0.15) is 4.98 Å². The summed E-state index contributed by atoms with van der Waals surface area (Å²) in [6.07, 6.45) is 3.15. The predicted octanol–water partition coefficient (Wildman–Crippen LogP) is 0.187. The molecule has 0 amide bonds. The Morgan fingerprint density at radius 1 is 1.67 bits per heavy atom. The molecule has 1 N–H and O–H groups in total. The molecule has 1 aromatic rings. The Kier molecular flexibility index (Phi) is 5.54. The lowest BCUT2D eigenvalue weighted by Crippen LogP contribution is -2.22. The third kappa shape index (κ3) is 4.61. The van der Waals surface area contributed by atoms with Gasteiger partial charge in [-0.3, -0.25) is 13.8 Å².